The molecule has 1 aromatic carbocycles. The molecule has 2 atom stereocenters. The molecule has 0 saturated heterocycles. The fourth-order valence-corrected chi connectivity index (χ4v) is 2.64. The lowest BCUT2D eigenvalue weighted by molar-refractivity contribution is -0.151. The number of benzene rings is 1. The first-order valence-corrected chi connectivity index (χ1v) is 7.77. The minimum atomic E-state index is -1.31. The van der Waals surface area contributed by atoms with Gasteiger partial charge < -0.3 is 20.1 Å². The van der Waals surface area contributed by atoms with Gasteiger partial charge in [-0.3, -0.25) is 4.90 Å². The first-order valence-electron chi connectivity index (χ1n) is 7.77. The van der Waals surface area contributed by atoms with Crippen LogP contribution >= 0.6 is 0 Å². The third-order valence-electron chi connectivity index (χ3n) is 3.97. The quantitative estimate of drug-likeness (QED) is 0.731. The predicted octanol–water partition coefficient (Wildman–Crippen LogP) is 2.44. The van der Waals surface area contributed by atoms with E-state index in [1.54, 1.807) is 0 Å². The summed E-state index contributed by atoms with van der Waals surface area (Å²) in [5.74, 6) is -0.739. The summed E-state index contributed by atoms with van der Waals surface area (Å²) in [6, 6.07) is 2.99. The van der Waals surface area contributed by atoms with Crippen LogP contribution in [0.25, 0.3) is 0 Å². The third kappa shape index (κ3) is 3.97. The maximum absolute atomic E-state index is 12.5. The number of β-amino-alcohol motifs (C(OH)–C–C–N with tert-alkyl or cyclic N) is 1. The smallest absolute Gasteiger partial charge is 0.408 e. The molecule has 0 spiro atoms. The lowest BCUT2D eigenvalue weighted by atomic mass is 9.90. The average Bonchev–Trinajstić information content (AvgIpc) is 2.45. The summed E-state index contributed by atoms with van der Waals surface area (Å²) in [6.45, 7) is 5.96. The number of rotatable bonds is 3. The average molecular weight is 337 g/mol. The van der Waals surface area contributed by atoms with Crippen molar-refractivity contribution < 1.29 is 29.6 Å². The van der Waals surface area contributed by atoms with E-state index in [4.69, 9.17) is 4.74 Å². The third-order valence-corrected chi connectivity index (χ3v) is 3.97. The highest BCUT2D eigenvalue weighted by atomic mass is 16.5. The molecule has 2 unspecified atom stereocenters. The Kier molecular flexibility index (Phi) is 5.03. The molecule has 24 heavy (non-hydrogen) atoms. The molecule has 1 aliphatic heterocycles. The summed E-state index contributed by atoms with van der Waals surface area (Å²) in [6.07, 6.45) is -1.78. The van der Waals surface area contributed by atoms with Gasteiger partial charge in [0, 0.05) is 0 Å². The molecule has 0 saturated carbocycles. The minimum Gasteiger partial charge on any atom is -0.508 e. The van der Waals surface area contributed by atoms with Crippen molar-refractivity contribution in [1.82, 2.24) is 4.90 Å². The van der Waals surface area contributed by atoms with Crippen LogP contribution in [0.4, 0.5) is 4.79 Å². The number of phenolic OH excluding ortho intramolecular Hbond substituents is 1. The molecule has 3 N–H and O–H groups in total. The Hall–Kier alpha value is -2.28. The monoisotopic (exact) mass is 337 g/mol. The first kappa shape index (κ1) is 18.1. The van der Waals surface area contributed by atoms with Crippen molar-refractivity contribution in [2.45, 2.75) is 39.3 Å². The van der Waals surface area contributed by atoms with Gasteiger partial charge in [0.25, 0.3) is 0 Å². The van der Waals surface area contributed by atoms with Gasteiger partial charge in [-0.05, 0) is 35.1 Å². The van der Waals surface area contributed by atoms with Gasteiger partial charge in [-0.1, -0.05) is 26.8 Å². The number of esters is 1. The molecule has 132 valence electrons. The van der Waals surface area contributed by atoms with E-state index in [1.165, 1.54) is 18.2 Å². The number of fused-ring (bicyclic) bond motifs is 1. The molecular formula is C17H23NO6. The molecule has 0 aromatic heterocycles. The van der Waals surface area contributed by atoms with Crippen molar-refractivity contribution >= 4 is 12.1 Å². The SMILES string of the molecule is CC(C)(C)CCOC(=O)C1c2ccc(O)cc2C(O)CN1C(=O)O. The van der Waals surface area contributed by atoms with Crippen molar-refractivity contribution in [3.63, 3.8) is 0 Å². The molecule has 1 amide bonds. The summed E-state index contributed by atoms with van der Waals surface area (Å²) in [7, 11) is 0. The number of carbonyl (C=O) groups is 2. The number of ether oxygens (including phenoxy) is 1. The Morgan fingerprint density at radius 3 is 2.54 bits per heavy atom. The molecule has 0 bridgehead atoms. The highest BCUT2D eigenvalue weighted by molar-refractivity contribution is 5.83. The zero-order valence-electron chi connectivity index (χ0n) is 14.0. The fourth-order valence-electron chi connectivity index (χ4n) is 2.64. The summed E-state index contributed by atoms with van der Waals surface area (Å²) < 4.78 is 5.27. The van der Waals surface area contributed by atoms with Crippen LogP contribution in [0.1, 0.15) is 50.5 Å². The van der Waals surface area contributed by atoms with Crippen LogP contribution in [-0.4, -0.2) is 45.4 Å². The van der Waals surface area contributed by atoms with Crippen molar-refractivity contribution in [3.05, 3.63) is 29.3 Å². The van der Waals surface area contributed by atoms with E-state index in [1.807, 2.05) is 20.8 Å². The molecule has 2 rings (SSSR count). The number of carboxylic acid groups (broad SMARTS) is 1. The number of hydrogen-bond acceptors (Lipinski definition) is 5. The fraction of sp³-hybridized carbons (Fsp3) is 0.529. The Labute approximate surface area is 140 Å². The molecule has 0 radical (unpaired) electrons. The number of amides is 1. The highest BCUT2D eigenvalue weighted by Crippen LogP contribution is 2.37. The van der Waals surface area contributed by atoms with Crippen LogP contribution in [0, 0.1) is 5.41 Å². The lowest BCUT2D eigenvalue weighted by Crippen LogP contribution is -2.45. The Balaban J connectivity index is 2.28. The van der Waals surface area contributed by atoms with Gasteiger partial charge in [0.05, 0.1) is 19.3 Å². The number of phenols is 1. The highest BCUT2D eigenvalue weighted by Gasteiger charge is 2.40. The second-order valence-electron chi connectivity index (χ2n) is 7.14. The normalized spacial score (nSPS) is 20.4. The van der Waals surface area contributed by atoms with E-state index in [9.17, 15) is 24.9 Å². The van der Waals surface area contributed by atoms with Gasteiger partial charge in [0.15, 0.2) is 6.04 Å². The number of aliphatic hydroxyl groups is 1. The second-order valence-corrected chi connectivity index (χ2v) is 7.14. The van der Waals surface area contributed by atoms with Crippen molar-refractivity contribution in [3.8, 4) is 5.75 Å². The van der Waals surface area contributed by atoms with Gasteiger partial charge in [0.1, 0.15) is 5.75 Å². The molecule has 0 aliphatic carbocycles. The number of aliphatic hydroxyl groups excluding tert-OH is 1. The molecule has 1 aromatic rings. The van der Waals surface area contributed by atoms with E-state index in [-0.39, 0.29) is 24.3 Å². The molecular weight excluding hydrogens is 314 g/mol. The maximum Gasteiger partial charge on any atom is 0.408 e. The van der Waals surface area contributed by atoms with Crippen molar-refractivity contribution in [2.75, 3.05) is 13.2 Å². The van der Waals surface area contributed by atoms with Crippen LogP contribution in [-0.2, 0) is 9.53 Å². The van der Waals surface area contributed by atoms with Crippen LogP contribution in [0.3, 0.4) is 0 Å². The molecule has 1 heterocycles. The Bertz CT molecular complexity index is 636. The summed E-state index contributed by atoms with van der Waals surface area (Å²) in [5, 5.41) is 29.1. The van der Waals surface area contributed by atoms with Gasteiger partial charge in [-0.25, -0.2) is 9.59 Å². The van der Waals surface area contributed by atoms with Gasteiger partial charge in [0.2, 0.25) is 0 Å². The van der Waals surface area contributed by atoms with E-state index in [2.05, 4.69) is 0 Å². The van der Waals surface area contributed by atoms with E-state index in [0.29, 0.717) is 17.5 Å². The molecule has 1 aliphatic rings. The Morgan fingerprint density at radius 2 is 1.96 bits per heavy atom. The second kappa shape index (κ2) is 6.68. The standard InChI is InChI=1S/C17H23NO6/c1-17(2,3)6-7-24-15(21)14-11-5-4-10(19)8-12(11)13(20)9-18(14)16(22)23/h4-5,8,13-14,19-20H,6-7,9H2,1-3H3,(H,22,23). The largest absolute Gasteiger partial charge is 0.508 e. The molecule has 0 fully saturated rings. The van der Waals surface area contributed by atoms with Crippen molar-refractivity contribution in [1.29, 1.82) is 0 Å². The van der Waals surface area contributed by atoms with Crippen LogP contribution in [0.15, 0.2) is 18.2 Å². The van der Waals surface area contributed by atoms with Gasteiger partial charge in [-0.2, -0.15) is 0 Å². The van der Waals surface area contributed by atoms with Crippen LogP contribution in [0.2, 0.25) is 0 Å². The van der Waals surface area contributed by atoms with Gasteiger partial charge in [-0.15, -0.1) is 0 Å². The molecule has 7 heteroatoms. The summed E-state index contributed by atoms with van der Waals surface area (Å²) in [5.41, 5.74) is 0.652. The first-order chi connectivity index (χ1) is 11.1. The van der Waals surface area contributed by atoms with E-state index in [0.717, 1.165) is 4.90 Å². The summed E-state index contributed by atoms with van der Waals surface area (Å²) in [4.78, 5) is 24.8. The van der Waals surface area contributed by atoms with E-state index < -0.39 is 24.2 Å². The van der Waals surface area contributed by atoms with Gasteiger partial charge >= 0.3 is 12.1 Å². The topological polar surface area (TPSA) is 107 Å². The van der Waals surface area contributed by atoms with Crippen LogP contribution < -0.4 is 0 Å². The number of hydrogen-bond donors (Lipinski definition) is 3. The van der Waals surface area contributed by atoms with Crippen LogP contribution in [0.5, 0.6) is 5.75 Å². The zero-order chi connectivity index (χ0) is 18.1. The van der Waals surface area contributed by atoms with E-state index >= 15 is 0 Å². The Morgan fingerprint density at radius 1 is 1.29 bits per heavy atom. The zero-order valence-corrected chi connectivity index (χ0v) is 14.0. The minimum absolute atomic E-state index is 0.0147. The summed E-state index contributed by atoms with van der Waals surface area (Å²) >= 11 is 0. The lowest BCUT2D eigenvalue weighted by Gasteiger charge is -2.36. The van der Waals surface area contributed by atoms with Crippen molar-refractivity contribution in [2.24, 2.45) is 5.41 Å². The number of aromatic hydroxyl groups is 1. The number of nitrogens with zero attached hydrogens (tertiary/aromatic N) is 1. The maximum atomic E-state index is 12.5. The molecule has 7 nitrogen and oxygen atoms in total. The predicted molar refractivity (Wildman–Crippen MR) is 85.6 cm³/mol. The number of carbonyl (C=O) groups excluding carboxylic acids is 1.